The summed E-state index contributed by atoms with van der Waals surface area (Å²) in [4.78, 5) is 42.6. The molecule has 150 valence electrons. The second-order valence-electron chi connectivity index (χ2n) is 7.21. The van der Waals surface area contributed by atoms with Crippen LogP contribution in [0, 0.1) is 19.8 Å². The third-order valence-corrected chi connectivity index (χ3v) is 4.42. The lowest BCUT2D eigenvalue weighted by molar-refractivity contribution is 0.0519. The monoisotopic (exact) mass is 384 g/mol. The average Bonchev–Trinajstić information content (AvgIpc) is 2.95. The fraction of sp³-hybridized carbons (Fsp3) is 0.409. The number of aryl methyl sites for hydroxylation is 1. The van der Waals surface area contributed by atoms with Crippen molar-refractivity contribution in [2.45, 2.75) is 34.6 Å². The van der Waals surface area contributed by atoms with Gasteiger partial charge in [0.25, 0.3) is 5.91 Å². The van der Waals surface area contributed by atoms with Crippen LogP contribution in [-0.4, -0.2) is 47.2 Å². The van der Waals surface area contributed by atoms with E-state index in [-0.39, 0.29) is 36.5 Å². The number of hydrogen-bond acceptors (Lipinski definition) is 4. The number of hydrogen-bond donors (Lipinski definition) is 1. The highest BCUT2D eigenvalue weighted by Gasteiger charge is 2.26. The molecule has 2 aromatic rings. The van der Waals surface area contributed by atoms with Gasteiger partial charge in [-0.1, -0.05) is 32.0 Å². The molecule has 0 bridgehead atoms. The number of aromatic amines is 1. The Kier molecular flexibility index (Phi) is 7.15. The first kappa shape index (κ1) is 21.4. The molecule has 0 unspecified atom stereocenters. The number of H-pyrrole nitrogens is 1. The largest absolute Gasteiger partial charge is 0.461 e. The second kappa shape index (κ2) is 9.35. The van der Waals surface area contributed by atoms with Crippen molar-refractivity contribution in [3.8, 4) is 0 Å². The zero-order chi connectivity index (χ0) is 20.8. The Hall–Kier alpha value is -2.89. The number of rotatable bonds is 8. The van der Waals surface area contributed by atoms with Gasteiger partial charge in [0, 0.05) is 23.4 Å². The number of esters is 1. The number of Topliss-reactive ketones (excluding diaryl/α,β-unsaturated/α-hetero) is 1. The minimum Gasteiger partial charge on any atom is -0.461 e. The lowest BCUT2D eigenvalue weighted by atomic mass is 10.0. The Morgan fingerprint density at radius 1 is 1.11 bits per heavy atom. The molecule has 0 saturated carbocycles. The van der Waals surface area contributed by atoms with Crippen molar-refractivity contribution in [2.24, 2.45) is 5.92 Å². The van der Waals surface area contributed by atoms with Gasteiger partial charge in [-0.15, -0.1) is 0 Å². The molecular weight excluding hydrogens is 356 g/mol. The van der Waals surface area contributed by atoms with Crippen LogP contribution in [0.4, 0.5) is 0 Å². The first-order valence-corrected chi connectivity index (χ1v) is 9.50. The Balaban J connectivity index is 2.29. The standard InChI is InChI=1S/C22H28N2O4/c1-6-28-22(27)20-15(4)19(16(5)23-20)18(25)13-24(12-14(2)3)21(26)17-10-8-7-9-11-17/h7-11,14,23H,6,12-13H2,1-5H3. The molecule has 1 heterocycles. The van der Waals surface area contributed by atoms with Crippen molar-refractivity contribution in [2.75, 3.05) is 19.7 Å². The zero-order valence-electron chi connectivity index (χ0n) is 17.2. The van der Waals surface area contributed by atoms with E-state index < -0.39 is 5.97 Å². The van der Waals surface area contributed by atoms with Crippen molar-refractivity contribution >= 4 is 17.7 Å². The molecule has 2 rings (SSSR count). The molecule has 0 atom stereocenters. The van der Waals surface area contributed by atoms with E-state index >= 15 is 0 Å². The minimum atomic E-state index is -0.485. The topological polar surface area (TPSA) is 79.5 Å². The molecule has 0 aliphatic heterocycles. The average molecular weight is 384 g/mol. The minimum absolute atomic E-state index is 0.0479. The van der Waals surface area contributed by atoms with Gasteiger partial charge in [0.2, 0.25) is 0 Å². The number of amides is 1. The summed E-state index contributed by atoms with van der Waals surface area (Å²) in [5, 5.41) is 0. The highest BCUT2D eigenvalue weighted by Crippen LogP contribution is 2.20. The highest BCUT2D eigenvalue weighted by molar-refractivity contribution is 6.05. The number of aromatic nitrogens is 1. The van der Waals surface area contributed by atoms with Crippen molar-refractivity contribution in [3.63, 3.8) is 0 Å². The van der Waals surface area contributed by atoms with Crippen LogP contribution < -0.4 is 0 Å². The van der Waals surface area contributed by atoms with Gasteiger partial charge in [-0.05, 0) is 44.4 Å². The zero-order valence-corrected chi connectivity index (χ0v) is 17.2. The molecule has 6 nitrogen and oxygen atoms in total. The lowest BCUT2D eigenvalue weighted by Crippen LogP contribution is -2.38. The molecule has 0 spiro atoms. The van der Waals surface area contributed by atoms with Crippen LogP contribution in [0.1, 0.15) is 63.2 Å². The van der Waals surface area contributed by atoms with E-state index in [0.29, 0.717) is 28.9 Å². The van der Waals surface area contributed by atoms with E-state index in [0.717, 1.165) is 0 Å². The molecule has 0 radical (unpaired) electrons. The van der Waals surface area contributed by atoms with Gasteiger partial charge >= 0.3 is 5.97 Å². The number of ether oxygens (including phenoxy) is 1. The van der Waals surface area contributed by atoms with Crippen LogP contribution in [0.5, 0.6) is 0 Å². The maximum absolute atomic E-state index is 13.0. The van der Waals surface area contributed by atoms with E-state index in [4.69, 9.17) is 4.74 Å². The maximum Gasteiger partial charge on any atom is 0.355 e. The molecule has 28 heavy (non-hydrogen) atoms. The number of ketones is 1. The molecule has 0 saturated heterocycles. The van der Waals surface area contributed by atoms with E-state index in [1.807, 2.05) is 19.9 Å². The molecule has 6 heteroatoms. The molecule has 1 amide bonds. The van der Waals surface area contributed by atoms with E-state index in [9.17, 15) is 14.4 Å². The Morgan fingerprint density at radius 2 is 1.75 bits per heavy atom. The van der Waals surface area contributed by atoms with Crippen molar-refractivity contribution < 1.29 is 19.1 Å². The summed E-state index contributed by atoms with van der Waals surface area (Å²) in [7, 11) is 0. The number of carbonyl (C=O) groups excluding carboxylic acids is 3. The van der Waals surface area contributed by atoms with Gasteiger partial charge < -0.3 is 14.6 Å². The molecule has 0 fully saturated rings. The van der Waals surface area contributed by atoms with E-state index in [1.165, 1.54) is 0 Å². The smallest absolute Gasteiger partial charge is 0.355 e. The number of carbonyl (C=O) groups is 3. The lowest BCUT2D eigenvalue weighted by Gasteiger charge is -2.24. The maximum atomic E-state index is 13.0. The SMILES string of the molecule is CCOC(=O)c1[nH]c(C)c(C(=O)CN(CC(C)C)C(=O)c2ccccc2)c1C. The summed E-state index contributed by atoms with van der Waals surface area (Å²) < 4.78 is 5.04. The summed E-state index contributed by atoms with van der Waals surface area (Å²) in [6, 6.07) is 8.93. The summed E-state index contributed by atoms with van der Waals surface area (Å²) in [5.74, 6) is -0.656. The molecule has 1 aromatic carbocycles. The summed E-state index contributed by atoms with van der Waals surface area (Å²) >= 11 is 0. The third-order valence-electron chi connectivity index (χ3n) is 4.42. The summed E-state index contributed by atoms with van der Waals surface area (Å²) in [6.07, 6.45) is 0. The normalized spacial score (nSPS) is 10.8. The van der Waals surface area contributed by atoms with Crippen LogP contribution in [0.3, 0.4) is 0 Å². The van der Waals surface area contributed by atoms with Crippen molar-refractivity contribution in [3.05, 3.63) is 58.4 Å². The number of nitrogens with zero attached hydrogens (tertiary/aromatic N) is 1. The summed E-state index contributed by atoms with van der Waals surface area (Å²) in [5.41, 5.74) is 2.43. The van der Waals surface area contributed by atoms with Gasteiger partial charge in [0.05, 0.1) is 13.2 Å². The van der Waals surface area contributed by atoms with Gasteiger partial charge in [-0.3, -0.25) is 9.59 Å². The van der Waals surface area contributed by atoms with Gasteiger partial charge in [0.15, 0.2) is 5.78 Å². The van der Waals surface area contributed by atoms with Crippen LogP contribution in [0.15, 0.2) is 30.3 Å². The fourth-order valence-corrected chi connectivity index (χ4v) is 3.25. The predicted octanol–water partition coefficient (Wildman–Crippen LogP) is 3.79. The van der Waals surface area contributed by atoms with Gasteiger partial charge in [-0.25, -0.2) is 4.79 Å². The summed E-state index contributed by atoms with van der Waals surface area (Å²) in [6.45, 7) is 9.87. The number of benzene rings is 1. The molecule has 0 aliphatic carbocycles. The van der Waals surface area contributed by atoms with Crippen molar-refractivity contribution in [1.82, 2.24) is 9.88 Å². The Bertz CT molecular complexity index is 853. The quantitative estimate of drug-likeness (QED) is 0.555. The highest BCUT2D eigenvalue weighted by atomic mass is 16.5. The third kappa shape index (κ3) is 4.88. The van der Waals surface area contributed by atoms with E-state index in [2.05, 4.69) is 4.98 Å². The van der Waals surface area contributed by atoms with Crippen LogP contribution in [0.25, 0.3) is 0 Å². The Labute approximate surface area is 165 Å². The van der Waals surface area contributed by atoms with Crippen LogP contribution >= 0.6 is 0 Å². The fourth-order valence-electron chi connectivity index (χ4n) is 3.25. The molecular formula is C22H28N2O4. The van der Waals surface area contributed by atoms with Crippen LogP contribution in [0.2, 0.25) is 0 Å². The van der Waals surface area contributed by atoms with Crippen molar-refractivity contribution in [1.29, 1.82) is 0 Å². The first-order chi connectivity index (χ1) is 13.3. The van der Waals surface area contributed by atoms with Gasteiger partial charge in [0.1, 0.15) is 5.69 Å². The molecule has 1 aromatic heterocycles. The molecule has 1 N–H and O–H groups in total. The van der Waals surface area contributed by atoms with E-state index in [1.54, 1.807) is 49.9 Å². The van der Waals surface area contributed by atoms with Crippen LogP contribution in [-0.2, 0) is 4.74 Å². The number of nitrogens with one attached hydrogen (secondary N) is 1. The predicted molar refractivity (Wildman–Crippen MR) is 108 cm³/mol. The first-order valence-electron chi connectivity index (χ1n) is 9.50. The Morgan fingerprint density at radius 3 is 2.32 bits per heavy atom. The van der Waals surface area contributed by atoms with Gasteiger partial charge in [-0.2, -0.15) is 0 Å². The molecule has 0 aliphatic rings. The second-order valence-corrected chi connectivity index (χ2v) is 7.21.